The highest BCUT2D eigenvalue weighted by Gasteiger charge is 2.28. The third-order valence-corrected chi connectivity index (χ3v) is 3.23. The highest BCUT2D eigenvalue weighted by molar-refractivity contribution is 6.30. The van der Waals surface area contributed by atoms with Crippen molar-refractivity contribution in [3.63, 3.8) is 0 Å². The molecule has 0 unspecified atom stereocenters. The van der Waals surface area contributed by atoms with E-state index in [1.807, 2.05) is 12.1 Å². The van der Waals surface area contributed by atoms with Crippen LogP contribution in [-0.4, -0.2) is 31.2 Å². The Bertz CT molecular complexity index is 359. The molecule has 1 saturated carbocycles. The molecule has 1 aromatic carbocycles. The number of hydrogen-bond acceptors (Lipinski definition) is 3. The predicted molar refractivity (Wildman–Crippen MR) is 71.2 cm³/mol. The van der Waals surface area contributed by atoms with Crippen LogP contribution in [0.4, 0.5) is 5.69 Å². The van der Waals surface area contributed by atoms with Crippen LogP contribution in [0.1, 0.15) is 18.4 Å². The maximum Gasteiger partial charge on any atom is 0.0589 e. The molecule has 2 rings (SSSR count). The Kier molecular flexibility index (Phi) is 4.26. The molecule has 0 saturated heterocycles. The molecule has 0 radical (unpaired) electrons. The number of hydrogen-bond donors (Lipinski definition) is 1. The van der Waals surface area contributed by atoms with Crippen LogP contribution in [0.25, 0.3) is 0 Å². The minimum atomic E-state index is 0.711. The normalized spacial score (nSPS) is 15.5. The Hall–Kier alpha value is -0.770. The fourth-order valence-corrected chi connectivity index (χ4v) is 2.31. The zero-order chi connectivity index (χ0) is 12.3. The van der Waals surface area contributed by atoms with Crippen molar-refractivity contribution in [2.24, 2.45) is 0 Å². The van der Waals surface area contributed by atoms with Gasteiger partial charge in [0.25, 0.3) is 0 Å². The Morgan fingerprint density at radius 3 is 2.76 bits per heavy atom. The number of ether oxygens (including phenoxy) is 1. The number of nitrogens with zero attached hydrogens (tertiary/aromatic N) is 1. The van der Waals surface area contributed by atoms with Gasteiger partial charge in [-0.1, -0.05) is 11.6 Å². The van der Waals surface area contributed by atoms with Gasteiger partial charge in [-0.2, -0.15) is 0 Å². The molecule has 1 aliphatic rings. The summed E-state index contributed by atoms with van der Waals surface area (Å²) in [6, 6.07) is 6.47. The summed E-state index contributed by atoms with van der Waals surface area (Å²) in [4.78, 5) is 2.44. The van der Waals surface area contributed by atoms with Gasteiger partial charge in [-0.3, -0.25) is 4.90 Å². The lowest BCUT2D eigenvalue weighted by Gasteiger charge is -2.21. The standard InChI is InChI=1S/C13H19ClN2O/c1-17-5-4-16(13-2-3-13)9-10-6-11(14)8-12(15)7-10/h6-8,13H,2-5,9,15H2,1H3. The summed E-state index contributed by atoms with van der Waals surface area (Å²) in [6.07, 6.45) is 2.58. The SMILES string of the molecule is COCCN(Cc1cc(N)cc(Cl)c1)C1CC1. The maximum atomic E-state index is 6.01. The van der Waals surface area contributed by atoms with Crippen LogP contribution in [0.15, 0.2) is 18.2 Å². The monoisotopic (exact) mass is 254 g/mol. The zero-order valence-corrected chi connectivity index (χ0v) is 10.9. The van der Waals surface area contributed by atoms with E-state index in [4.69, 9.17) is 22.1 Å². The molecule has 1 aliphatic carbocycles. The summed E-state index contributed by atoms with van der Waals surface area (Å²) in [7, 11) is 1.74. The molecule has 0 bridgehead atoms. The summed E-state index contributed by atoms with van der Waals surface area (Å²) in [5.74, 6) is 0. The second-order valence-corrected chi connectivity index (χ2v) is 5.02. The highest BCUT2D eigenvalue weighted by Crippen LogP contribution is 2.29. The summed E-state index contributed by atoms with van der Waals surface area (Å²) in [5, 5.41) is 0.711. The summed E-state index contributed by atoms with van der Waals surface area (Å²) in [5.41, 5.74) is 7.71. The van der Waals surface area contributed by atoms with Gasteiger partial charge in [-0.15, -0.1) is 0 Å². The first-order valence-electron chi connectivity index (χ1n) is 5.97. The quantitative estimate of drug-likeness (QED) is 0.793. The third-order valence-electron chi connectivity index (χ3n) is 3.01. The second-order valence-electron chi connectivity index (χ2n) is 4.59. The molecule has 2 N–H and O–H groups in total. The van der Waals surface area contributed by atoms with Gasteiger partial charge in [0.05, 0.1) is 6.61 Å². The summed E-state index contributed by atoms with van der Waals surface area (Å²) >= 11 is 6.01. The van der Waals surface area contributed by atoms with Gasteiger partial charge >= 0.3 is 0 Å². The van der Waals surface area contributed by atoms with Crippen molar-refractivity contribution in [2.75, 3.05) is 26.0 Å². The Labute approximate surface area is 107 Å². The van der Waals surface area contributed by atoms with Crippen molar-refractivity contribution in [1.82, 2.24) is 4.90 Å². The fourth-order valence-electron chi connectivity index (χ4n) is 2.04. The largest absolute Gasteiger partial charge is 0.399 e. The first kappa shape index (κ1) is 12.7. The molecule has 1 aromatic rings. The van der Waals surface area contributed by atoms with Crippen molar-refractivity contribution in [3.05, 3.63) is 28.8 Å². The Morgan fingerprint density at radius 1 is 1.41 bits per heavy atom. The van der Waals surface area contributed by atoms with Gasteiger partial charge in [0.15, 0.2) is 0 Å². The van der Waals surface area contributed by atoms with Crippen molar-refractivity contribution < 1.29 is 4.74 Å². The molecule has 0 spiro atoms. The van der Waals surface area contributed by atoms with Gasteiger partial charge in [0.1, 0.15) is 0 Å². The van der Waals surface area contributed by atoms with E-state index in [1.54, 1.807) is 13.2 Å². The molecule has 1 fully saturated rings. The number of benzene rings is 1. The Balaban J connectivity index is 2.00. The minimum absolute atomic E-state index is 0.711. The van der Waals surface area contributed by atoms with E-state index in [0.717, 1.165) is 25.4 Å². The average molecular weight is 255 g/mol. The van der Waals surface area contributed by atoms with E-state index in [1.165, 1.54) is 18.4 Å². The highest BCUT2D eigenvalue weighted by atomic mass is 35.5. The van der Waals surface area contributed by atoms with Crippen LogP contribution >= 0.6 is 11.6 Å². The van der Waals surface area contributed by atoms with Gasteiger partial charge in [0.2, 0.25) is 0 Å². The fraction of sp³-hybridized carbons (Fsp3) is 0.538. The van der Waals surface area contributed by atoms with Crippen LogP contribution in [-0.2, 0) is 11.3 Å². The second kappa shape index (κ2) is 5.71. The van der Waals surface area contributed by atoms with E-state index < -0.39 is 0 Å². The number of nitrogens with two attached hydrogens (primary N) is 1. The molecular formula is C13H19ClN2O. The van der Waals surface area contributed by atoms with Crippen LogP contribution < -0.4 is 5.73 Å². The number of halogens is 1. The molecule has 94 valence electrons. The molecular weight excluding hydrogens is 236 g/mol. The topological polar surface area (TPSA) is 38.5 Å². The van der Waals surface area contributed by atoms with E-state index >= 15 is 0 Å². The van der Waals surface area contributed by atoms with E-state index in [2.05, 4.69) is 4.90 Å². The summed E-state index contributed by atoms with van der Waals surface area (Å²) in [6.45, 7) is 2.64. The molecule has 0 amide bonds. The van der Waals surface area contributed by atoms with Crippen LogP contribution in [0, 0.1) is 0 Å². The molecule has 3 nitrogen and oxygen atoms in total. The first-order valence-corrected chi connectivity index (χ1v) is 6.35. The van der Waals surface area contributed by atoms with Crippen molar-refractivity contribution in [3.8, 4) is 0 Å². The number of methoxy groups -OCH3 is 1. The van der Waals surface area contributed by atoms with Gasteiger partial charge in [-0.05, 0) is 36.6 Å². The van der Waals surface area contributed by atoms with Crippen molar-refractivity contribution >= 4 is 17.3 Å². The lowest BCUT2D eigenvalue weighted by molar-refractivity contribution is 0.139. The third kappa shape index (κ3) is 3.87. The van der Waals surface area contributed by atoms with E-state index in [0.29, 0.717) is 11.1 Å². The van der Waals surface area contributed by atoms with Crippen molar-refractivity contribution in [1.29, 1.82) is 0 Å². The molecule has 0 aliphatic heterocycles. The molecule has 0 aromatic heterocycles. The molecule has 0 heterocycles. The van der Waals surface area contributed by atoms with Crippen molar-refractivity contribution in [2.45, 2.75) is 25.4 Å². The van der Waals surface area contributed by atoms with Crippen LogP contribution in [0.3, 0.4) is 0 Å². The average Bonchev–Trinajstić information content (AvgIpc) is 3.06. The van der Waals surface area contributed by atoms with Crippen LogP contribution in [0.2, 0.25) is 5.02 Å². The lowest BCUT2D eigenvalue weighted by atomic mass is 10.2. The smallest absolute Gasteiger partial charge is 0.0589 e. The van der Waals surface area contributed by atoms with Gasteiger partial charge in [0, 0.05) is 37.0 Å². The number of nitrogen functional groups attached to an aromatic ring is 1. The van der Waals surface area contributed by atoms with E-state index in [-0.39, 0.29) is 0 Å². The Morgan fingerprint density at radius 2 is 2.18 bits per heavy atom. The predicted octanol–water partition coefficient (Wildman–Crippen LogP) is 2.53. The lowest BCUT2D eigenvalue weighted by Crippen LogP contribution is -2.29. The first-order chi connectivity index (χ1) is 8.19. The van der Waals surface area contributed by atoms with E-state index in [9.17, 15) is 0 Å². The number of anilines is 1. The molecule has 0 atom stereocenters. The summed E-state index contributed by atoms with van der Waals surface area (Å²) < 4.78 is 5.14. The maximum absolute atomic E-state index is 6.01. The van der Waals surface area contributed by atoms with Crippen LogP contribution in [0.5, 0.6) is 0 Å². The minimum Gasteiger partial charge on any atom is -0.399 e. The van der Waals surface area contributed by atoms with Gasteiger partial charge < -0.3 is 10.5 Å². The molecule has 4 heteroatoms. The van der Waals surface area contributed by atoms with Gasteiger partial charge in [-0.25, -0.2) is 0 Å². The molecule has 17 heavy (non-hydrogen) atoms. The number of rotatable bonds is 6. The zero-order valence-electron chi connectivity index (χ0n) is 10.2.